The van der Waals surface area contributed by atoms with Crippen molar-refractivity contribution in [3.05, 3.63) is 95.8 Å². The molecule has 0 aliphatic carbocycles. The number of ether oxygens (including phenoxy) is 2. The van der Waals surface area contributed by atoms with Gasteiger partial charge in [0, 0.05) is 36.6 Å². The molecule has 0 radical (unpaired) electrons. The number of thioether (sulfide) groups is 1. The third-order valence-electron chi connectivity index (χ3n) is 6.57. The molecule has 192 valence electrons. The van der Waals surface area contributed by atoms with Crippen LogP contribution in [0.25, 0.3) is 11.4 Å². The van der Waals surface area contributed by atoms with Crippen molar-refractivity contribution in [2.24, 2.45) is 0 Å². The Bertz CT molecular complexity index is 1290. The Morgan fingerprint density at radius 2 is 1.62 bits per heavy atom. The fourth-order valence-electron chi connectivity index (χ4n) is 4.73. The number of aromatic nitrogens is 2. The van der Waals surface area contributed by atoms with E-state index in [1.54, 1.807) is 0 Å². The maximum absolute atomic E-state index is 5.65. The van der Waals surface area contributed by atoms with E-state index in [1.807, 2.05) is 17.8 Å². The number of rotatable bonds is 12. The molecule has 3 aromatic carbocycles. The lowest BCUT2D eigenvalue weighted by atomic mass is 10.1. The molecule has 0 fully saturated rings. The Labute approximate surface area is 224 Å². The summed E-state index contributed by atoms with van der Waals surface area (Å²) in [6, 6.07) is 25.8. The van der Waals surface area contributed by atoms with Crippen LogP contribution >= 0.6 is 11.8 Å². The Balaban J connectivity index is 1.43. The Morgan fingerprint density at radius 3 is 2.41 bits per heavy atom. The number of benzene rings is 3. The number of imidazole rings is 1. The van der Waals surface area contributed by atoms with Gasteiger partial charge in [0.1, 0.15) is 5.82 Å². The molecule has 37 heavy (non-hydrogen) atoms. The summed E-state index contributed by atoms with van der Waals surface area (Å²) in [5.41, 5.74) is 4.93. The molecule has 4 aromatic rings. The van der Waals surface area contributed by atoms with Crippen molar-refractivity contribution < 1.29 is 9.47 Å². The highest BCUT2D eigenvalue weighted by atomic mass is 32.2. The van der Waals surface area contributed by atoms with Crippen LogP contribution in [0.5, 0.6) is 11.5 Å². The van der Waals surface area contributed by atoms with Gasteiger partial charge < -0.3 is 14.0 Å². The summed E-state index contributed by atoms with van der Waals surface area (Å²) in [5.74, 6) is 3.79. The van der Waals surface area contributed by atoms with Gasteiger partial charge in [-0.2, -0.15) is 0 Å². The second-order valence-corrected chi connectivity index (χ2v) is 10.7. The molecule has 1 aliphatic rings. The van der Waals surface area contributed by atoms with E-state index in [0.29, 0.717) is 6.79 Å². The Morgan fingerprint density at radius 1 is 0.865 bits per heavy atom. The molecular weight excluding hydrogens is 478 g/mol. The van der Waals surface area contributed by atoms with Crippen LogP contribution in [0.3, 0.4) is 0 Å². The first-order chi connectivity index (χ1) is 18.2. The van der Waals surface area contributed by atoms with E-state index in [1.165, 1.54) is 21.7 Å². The second kappa shape index (κ2) is 12.3. The molecular formula is C31H35N3O2S. The molecule has 0 unspecified atom stereocenters. The van der Waals surface area contributed by atoms with E-state index >= 15 is 0 Å². The van der Waals surface area contributed by atoms with E-state index < -0.39 is 0 Å². The minimum atomic E-state index is 0.295. The van der Waals surface area contributed by atoms with Gasteiger partial charge in [-0.25, -0.2) is 4.98 Å². The summed E-state index contributed by atoms with van der Waals surface area (Å²) >= 11 is 1.88. The fourth-order valence-corrected chi connectivity index (χ4v) is 5.39. The zero-order valence-electron chi connectivity index (χ0n) is 21.7. The smallest absolute Gasteiger partial charge is 0.231 e. The first kappa shape index (κ1) is 25.4. The minimum Gasteiger partial charge on any atom is -0.454 e. The van der Waals surface area contributed by atoms with E-state index in [2.05, 4.69) is 96.2 Å². The van der Waals surface area contributed by atoms with Crippen LogP contribution in [-0.2, 0) is 26.2 Å². The lowest BCUT2D eigenvalue weighted by Gasteiger charge is -2.24. The maximum atomic E-state index is 5.65. The van der Waals surface area contributed by atoms with Gasteiger partial charge in [0.05, 0.1) is 11.9 Å². The third kappa shape index (κ3) is 6.38. The largest absolute Gasteiger partial charge is 0.454 e. The predicted molar refractivity (Wildman–Crippen MR) is 151 cm³/mol. The van der Waals surface area contributed by atoms with Crippen molar-refractivity contribution in [2.75, 3.05) is 12.5 Å². The summed E-state index contributed by atoms with van der Waals surface area (Å²) in [4.78, 5) is 8.69. The van der Waals surface area contributed by atoms with Gasteiger partial charge in [0.25, 0.3) is 0 Å². The van der Waals surface area contributed by atoms with Gasteiger partial charge in [-0.1, -0.05) is 68.8 Å². The predicted octanol–water partition coefficient (Wildman–Crippen LogP) is 7.39. The lowest BCUT2D eigenvalue weighted by molar-refractivity contribution is 0.174. The highest BCUT2D eigenvalue weighted by molar-refractivity contribution is 7.99. The van der Waals surface area contributed by atoms with Crippen LogP contribution in [0.15, 0.2) is 83.9 Å². The molecule has 5 rings (SSSR count). The molecule has 0 bridgehead atoms. The fraction of sp³-hybridized carbons (Fsp3) is 0.323. The molecule has 1 aromatic heterocycles. The van der Waals surface area contributed by atoms with Gasteiger partial charge >= 0.3 is 0 Å². The number of hydrogen-bond acceptors (Lipinski definition) is 5. The summed E-state index contributed by atoms with van der Waals surface area (Å²) in [6.45, 7) is 8.17. The zero-order valence-corrected chi connectivity index (χ0v) is 22.5. The number of hydrogen-bond donors (Lipinski definition) is 0. The molecule has 0 spiro atoms. The van der Waals surface area contributed by atoms with E-state index in [9.17, 15) is 0 Å². The second-order valence-electron chi connectivity index (χ2n) is 9.35. The third-order valence-corrected chi connectivity index (χ3v) is 7.47. The monoisotopic (exact) mass is 513 g/mol. The molecule has 5 nitrogen and oxygen atoms in total. The summed E-state index contributed by atoms with van der Waals surface area (Å²) in [5, 5.41) is 0. The molecule has 1 aliphatic heterocycles. The average Bonchev–Trinajstić information content (AvgIpc) is 3.56. The normalized spacial score (nSPS) is 12.4. The first-order valence-electron chi connectivity index (χ1n) is 13.2. The van der Waals surface area contributed by atoms with Crippen LogP contribution in [0.1, 0.15) is 43.5 Å². The van der Waals surface area contributed by atoms with E-state index in [-0.39, 0.29) is 0 Å². The van der Waals surface area contributed by atoms with Gasteiger partial charge in [-0.3, -0.25) is 4.90 Å². The van der Waals surface area contributed by atoms with E-state index in [0.717, 1.165) is 67.7 Å². The van der Waals surface area contributed by atoms with Gasteiger partial charge in [0.2, 0.25) is 6.79 Å². The minimum absolute atomic E-state index is 0.295. The summed E-state index contributed by atoms with van der Waals surface area (Å²) in [6.07, 6.45) is 4.34. The van der Waals surface area contributed by atoms with Crippen molar-refractivity contribution in [1.82, 2.24) is 14.5 Å². The number of fused-ring (bicyclic) bond motifs is 1. The van der Waals surface area contributed by atoms with Crippen LogP contribution in [-0.4, -0.2) is 27.0 Å². The molecule has 0 N–H and O–H groups in total. The van der Waals surface area contributed by atoms with Crippen molar-refractivity contribution in [3.63, 3.8) is 0 Å². The molecule has 0 saturated heterocycles. The van der Waals surface area contributed by atoms with Crippen LogP contribution in [0.2, 0.25) is 0 Å². The number of unbranched alkanes of at least 4 members (excludes halogenated alkanes) is 1. The van der Waals surface area contributed by atoms with Crippen molar-refractivity contribution in [2.45, 2.75) is 57.8 Å². The van der Waals surface area contributed by atoms with Gasteiger partial charge in [-0.05, 0) is 47.6 Å². The molecule has 6 heteroatoms. The van der Waals surface area contributed by atoms with Gasteiger partial charge in [-0.15, -0.1) is 11.8 Å². The van der Waals surface area contributed by atoms with E-state index in [4.69, 9.17) is 14.5 Å². The topological polar surface area (TPSA) is 39.5 Å². The highest BCUT2D eigenvalue weighted by Crippen LogP contribution is 2.33. The molecule has 0 amide bonds. The first-order valence-corrected chi connectivity index (χ1v) is 14.1. The van der Waals surface area contributed by atoms with Crippen molar-refractivity contribution in [1.29, 1.82) is 0 Å². The van der Waals surface area contributed by atoms with Crippen LogP contribution in [0, 0.1) is 0 Å². The summed E-state index contributed by atoms with van der Waals surface area (Å²) in [7, 11) is 0. The number of nitrogens with zero attached hydrogens (tertiary/aromatic N) is 3. The highest BCUT2D eigenvalue weighted by Gasteiger charge is 2.18. The van der Waals surface area contributed by atoms with Crippen molar-refractivity contribution >= 4 is 11.8 Å². The van der Waals surface area contributed by atoms with Gasteiger partial charge in [0.15, 0.2) is 11.5 Å². The molecule has 2 heterocycles. The quantitative estimate of drug-likeness (QED) is 0.185. The van der Waals surface area contributed by atoms with Crippen LogP contribution in [0.4, 0.5) is 0 Å². The lowest BCUT2D eigenvalue weighted by Crippen LogP contribution is -2.24. The molecule has 0 atom stereocenters. The maximum Gasteiger partial charge on any atom is 0.231 e. The molecule has 0 saturated carbocycles. The Kier molecular flexibility index (Phi) is 8.49. The Hall–Kier alpha value is -3.22. The van der Waals surface area contributed by atoms with Crippen LogP contribution < -0.4 is 9.47 Å². The van der Waals surface area contributed by atoms with Crippen molar-refractivity contribution in [3.8, 4) is 22.9 Å². The average molecular weight is 514 g/mol. The summed E-state index contributed by atoms with van der Waals surface area (Å²) < 4.78 is 13.6. The zero-order chi connectivity index (χ0) is 25.5. The SMILES string of the molecule is CCCCn1c(CN(Cc2ccc(SCC)cc2)Cc2ccc3c(c2)OCO3)cnc1-c1ccccc1. The standard InChI is InChI=1S/C31H35N3O2S/c1-3-5-17-34-27(19-32-31(34)26-9-7-6-8-10-26)22-33(20-24-11-14-28(15-12-24)37-4-2)21-25-13-16-29-30(18-25)36-23-35-29/h6-16,18-19H,3-5,17,20-23H2,1-2H3.